The van der Waals surface area contributed by atoms with Crippen LogP contribution in [0.15, 0.2) is 22.7 Å². The Bertz CT molecular complexity index is 501. The number of benzene rings is 1. The molecule has 0 aromatic heterocycles. The summed E-state index contributed by atoms with van der Waals surface area (Å²) in [4.78, 5) is 14.6. The number of halogens is 2. The number of hydrogen-bond acceptors (Lipinski definition) is 2. The molecular formula is C16H22BrFN2O. The van der Waals surface area contributed by atoms with Gasteiger partial charge in [0.15, 0.2) is 0 Å². The third kappa shape index (κ3) is 4.51. The van der Waals surface area contributed by atoms with Crippen molar-refractivity contribution in [3.8, 4) is 0 Å². The van der Waals surface area contributed by atoms with Crippen LogP contribution < -0.4 is 5.32 Å². The van der Waals surface area contributed by atoms with Crippen molar-refractivity contribution in [1.29, 1.82) is 0 Å². The van der Waals surface area contributed by atoms with Gasteiger partial charge in [-0.25, -0.2) is 4.39 Å². The van der Waals surface area contributed by atoms with Gasteiger partial charge in [-0.3, -0.25) is 4.79 Å². The molecule has 1 aromatic rings. The third-order valence-corrected chi connectivity index (χ3v) is 4.25. The van der Waals surface area contributed by atoms with Gasteiger partial charge in [0.05, 0.1) is 4.47 Å². The van der Waals surface area contributed by atoms with Crippen LogP contribution in [0.3, 0.4) is 0 Å². The van der Waals surface area contributed by atoms with E-state index < -0.39 is 0 Å². The summed E-state index contributed by atoms with van der Waals surface area (Å²) in [7, 11) is 0. The maximum atomic E-state index is 13.3. The summed E-state index contributed by atoms with van der Waals surface area (Å²) < 4.78 is 13.6. The summed E-state index contributed by atoms with van der Waals surface area (Å²) in [5.74, 6) is 0.0248. The van der Waals surface area contributed by atoms with Crippen molar-refractivity contribution in [3.63, 3.8) is 0 Å². The zero-order chi connectivity index (χ0) is 15.4. The summed E-state index contributed by atoms with van der Waals surface area (Å²) >= 11 is 3.14. The number of carbonyl (C=O) groups is 1. The van der Waals surface area contributed by atoms with E-state index in [0.29, 0.717) is 35.1 Å². The van der Waals surface area contributed by atoms with Gasteiger partial charge in [-0.1, -0.05) is 13.8 Å². The summed E-state index contributed by atoms with van der Waals surface area (Å²) in [6.45, 7) is 6.65. The first-order chi connectivity index (χ1) is 9.97. The van der Waals surface area contributed by atoms with Crippen molar-refractivity contribution in [2.45, 2.75) is 32.7 Å². The fraction of sp³-hybridized carbons (Fsp3) is 0.562. The Kier molecular flexibility index (Phi) is 5.76. The molecule has 2 rings (SSSR count). The molecule has 116 valence electrons. The van der Waals surface area contributed by atoms with E-state index >= 15 is 0 Å². The average Bonchev–Trinajstić information content (AvgIpc) is 2.93. The standard InChI is InChI=1S/C16H22BrFN2O/c1-11(2)9-20(10-13-4-3-7-19-13)16(21)12-5-6-15(18)14(17)8-12/h5-6,8,11,13,19H,3-4,7,9-10H2,1-2H3. The van der Waals surface area contributed by atoms with Gasteiger partial charge < -0.3 is 10.2 Å². The van der Waals surface area contributed by atoms with Crippen molar-refractivity contribution in [1.82, 2.24) is 10.2 Å². The molecule has 0 aliphatic carbocycles. The van der Waals surface area contributed by atoms with Crippen LogP contribution in [-0.2, 0) is 0 Å². The number of carbonyl (C=O) groups excluding carboxylic acids is 1. The molecule has 1 saturated heterocycles. The first-order valence-corrected chi connectivity index (χ1v) is 8.24. The number of nitrogens with one attached hydrogen (secondary N) is 1. The minimum Gasteiger partial charge on any atom is -0.337 e. The molecule has 1 N–H and O–H groups in total. The molecule has 1 aliphatic rings. The quantitative estimate of drug-likeness (QED) is 0.876. The highest BCUT2D eigenvalue weighted by Gasteiger charge is 2.23. The van der Waals surface area contributed by atoms with Crippen LogP contribution >= 0.6 is 15.9 Å². The second kappa shape index (κ2) is 7.36. The second-order valence-electron chi connectivity index (χ2n) is 6.03. The first kappa shape index (κ1) is 16.4. The first-order valence-electron chi connectivity index (χ1n) is 7.45. The minimum absolute atomic E-state index is 0.0295. The maximum absolute atomic E-state index is 13.3. The highest BCUT2D eigenvalue weighted by Crippen LogP contribution is 2.19. The zero-order valence-electron chi connectivity index (χ0n) is 12.5. The Balaban J connectivity index is 2.13. The topological polar surface area (TPSA) is 32.3 Å². The van der Waals surface area contributed by atoms with E-state index in [9.17, 15) is 9.18 Å². The highest BCUT2D eigenvalue weighted by atomic mass is 79.9. The predicted octanol–water partition coefficient (Wildman–Crippen LogP) is 3.44. The number of amides is 1. The van der Waals surface area contributed by atoms with E-state index in [1.807, 2.05) is 4.90 Å². The van der Waals surface area contributed by atoms with Gasteiger partial charge in [0, 0.05) is 24.7 Å². The SMILES string of the molecule is CC(C)CN(CC1CCCN1)C(=O)c1ccc(F)c(Br)c1. The molecule has 0 bridgehead atoms. The van der Waals surface area contributed by atoms with Crippen molar-refractivity contribution in [3.05, 3.63) is 34.1 Å². The van der Waals surface area contributed by atoms with Gasteiger partial charge in [-0.2, -0.15) is 0 Å². The van der Waals surface area contributed by atoms with E-state index in [-0.39, 0.29) is 11.7 Å². The predicted molar refractivity (Wildman–Crippen MR) is 85.9 cm³/mol. The molecule has 0 saturated carbocycles. The summed E-state index contributed by atoms with van der Waals surface area (Å²) in [6, 6.07) is 4.82. The lowest BCUT2D eigenvalue weighted by atomic mass is 10.1. The van der Waals surface area contributed by atoms with E-state index in [1.54, 1.807) is 12.1 Å². The Labute approximate surface area is 134 Å². The number of rotatable bonds is 5. The Hall–Kier alpha value is -0.940. The van der Waals surface area contributed by atoms with E-state index in [2.05, 4.69) is 35.1 Å². The molecule has 0 spiro atoms. The molecule has 5 heteroatoms. The molecule has 1 aromatic carbocycles. The van der Waals surface area contributed by atoms with Crippen LogP contribution in [0.4, 0.5) is 4.39 Å². The molecule has 1 amide bonds. The second-order valence-corrected chi connectivity index (χ2v) is 6.88. The van der Waals surface area contributed by atoms with Gasteiger partial charge in [-0.15, -0.1) is 0 Å². The fourth-order valence-electron chi connectivity index (χ4n) is 2.67. The lowest BCUT2D eigenvalue weighted by Gasteiger charge is -2.27. The van der Waals surface area contributed by atoms with Crippen LogP contribution in [0, 0.1) is 11.7 Å². The smallest absolute Gasteiger partial charge is 0.253 e. The van der Waals surface area contributed by atoms with Crippen LogP contribution in [0.2, 0.25) is 0 Å². The van der Waals surface area contributed by atoms with Gasteiger partial charge in [-0.05, 0) is 59.4 Å². The van der Waals surface area contributed by atoms with Crippen LogP contribution in [0.1, 0.15) is 37.0 Å². The number of hydrogen-bond donors (Lipinski definition) is 1. The monoisotopic (exact) mass is 356 g/mol. The third-order valence-electron chi connectivity index (χ3n) is 3.64. The number of nitrogens with zero attached hydrogens (tertiary/aromatic N) is 1. The van der Waals surface area contributed by atoms with Crippen LogP contribution in [0.5, 0.6) is 0 Å². The van der Waals surface area contributed by atoms with E-state index in [1.165, 1.54) is 6.07 Å². The van der Waals surface area contributed by atoms with Crippen LogP contribution in [-0.4, -0.2) is 36.5 Å². The molecule has 21 heavy (non-hydrogen) atoms. The molecular weight excluding hydrogens is 335 g/mol. The molecule has 1 aliphatic heterocycles. The van der Waals surface area contributed by atoms with Crippen molar-refractivity contribution < 1.29 is 9.18 Å². The molecule has 1 unspecified atom stereocenters. The Morgan fingerprint density at radius 1 is 1.52 bits per heavy atom. The molecule has 1 heterocycles. The molecule has 1 atom stereocenters. The Morgan fingerprint density at radius 3 is 2.86 bits per heavy atom. The van der Waals surface area contributed by atoms with E-state index in [4.69, 9.17) is 0 Å². The van der Waals surface area contributed by atoms with Crippen molar-refractivity contribution >= 4 is 21.8 Å². The van der Waals surface area contributed by atoms with Crippen molar-refractivity contribution in [2.24, 2.45) is 5.92 Å². The van der Waals surface area contributed by atoms with Gasteiger partial charge in [0.1, 0.15) is 5.82 Å². The van der Waals surface area contributed by atoms with Crippen molar-refractivity contribution in [2.75, 3.05) is 19.6 Å². The molecule has 0 radical (unpaired) electrons. The van der Waals surface area contributed by atoms with E-state index in [0.717, 1.165) is 19.4 Å². The molecule has 1 fully saturated rings. The van der Waals surface area contributed by atoms with Crippen LogP contribution in [0.25, 0.3) is 0 Å². The largest absolute Gasteiger partial charge is 0.337 e. The van der Waals surface area contributed by atoms with Gasteiger partial charge in [0.2, 0.25) is 0 Å². The highest BCUT2D eigenvalue weighted by molar-refractivity contribution is 9.10. The average molecular weight is 357 g/mol. The van der Waals surface area contributed by atoms with Gasteiger partial charge in [0.25, 0.3) is 5.91 Å². The summed E-state index contributed by atoms with van der Waals surface area (Å²) in [6.07, 6.45) is 2.27. The lowest BCUT2D eigenvalue weighted by Crippen LogP contribution is -2.42. The lowest BCUT2D eigenvalue weighted by molar-refractivity contribution is 0.0721. The summed E-state index contributed by atoms with van der Waals surface area (Å²) in [5.41, 5.74) is 0.530. The maximum Gasteiger partial charge on any atom is 0.253 e. The van der Waals surface area contributed by atoms with Gasteiger partial charge >= 0.3 is 0 Å². The summed E-state index contributed by atoms with van der Waals surface area (Å²) in [5, 5.41) is 3.42. The zero-order valence-corrected chi connectivity index (χ0v) is 14.1. The molecule has 3 nitrogen and oxygen atoms in total. The fourth-order valence-corrected chi connectivity index (χ4v) is 3.05. The Morgan fingerprint density at radius 2 is 2.29 bits per heavy atom. The normalized spacial score (nSPS) is 18.2. The minimum atomic E-state index is -0.348.